The van der Waals surface area contributed by atoms with Crippen molar-refractivity contribution in [3.63, 3.8) is 0 Å². The van der Waals surface area contributed by atoms with Crippen LogP contribution < -0.4 is 16.4 Å². The van der Waals surface area contributed by atoms with Gasteiger partial charge in [0.2, 0.25) is 11.8 Å². The Morgan fingerprint density at radius 3 is 2.40 bits per heavy atom. The van der Waals surface area contributed by atoms with Crippen molar-refractivity contribution < 1.29 is 9.59 Å². The summed E-state index contributed by atoms with van der Waals surface area (Å²) in [7, 11) is 1.60. The summed E-state index contributed by atoms with van der Waals surface area (Å²) < 4.78 is 0. The average molecular weight is 283 g/mol. The van der Waals surface area contributed by atoms with Gasteiger partial charge in [-0.15, -0.1) is 0 Å². The lowest BCUT2D eigenvalue weighted by atomic mass is 9.84. The molecule has 5 nitrogen and oxygen atoms in total. The van der Waals surface area contributed by atoms with E-state index in [1.807, 2.05) is 0 Å². The zero-order chi connectivity index (χ0) is 15.2. The van der Waals surface area contributed by atoms with E-state index < -0.39 is 11.5 Å². The lowest BCUT2D eigenvalue weighted by Gasteiger charge is -2.26. The second-order valence-electron chi connectivity index (χ2n) is 6.53. The van der Waals surface area contributed by atoms with Gasteiger partial charge >= 0.3 is 0 Å². The third-order valence-corrected chi connectivity index (χ3v) is 4.20. The highest BCUT2D eigenvalue weighted by Gasteiger charge is 2.28. The number of rotatable bonds is 6. The normalized spacial score (nSPS) is 18.4. The highest BCUT2D eigenvalue weighted by molar-refractivity contribution is 5.84. The fourth-order valence-corrected chi connectivity index (χ4v) is 2.75. The van der Waals surface area contributed by atoms with Gasteiger partial charge in [-0.25, -0.2) is 0 Å². The fraction of sp³-hybridized carbons (Fsp3) is 0.867. The predicted molar refractivity (Wildman–Crippen MR) is 80.0 cm³/mol. The molecule has 4 N–H and O–H groups in total. The van der Waals surface area contributed by atoms with E-state index in [0.717, 1.165) is 6.42 Å². The summed E-state index contributed by atoms with van der Waals surface area (Å²) in [5.41, 5.74) is 5.36. The van der Waals surface area contributed by atoms with Crippen LogP contribution in [0.15, 0.2) is 0 Å². The molecule has 0 radical (unpaired) electrons. The van der Waals surface area contributed by atoms with E-state index in [1.165, 1.54) is 32.1 Å². The van der Waals surface area contributed by atoms with Crippen LogP contribution in [0.1, 0.15) is 52.4 Å². The molecule has 1 atom stereocenters. The largest absolute Gasteiger partial charge is 0.359 e. The molecule has 0 heterocycles. The van der Waals surface area contributed by atoms with Gasteiger partial charge in [0.05, 0.1) is 11.5 Å². The van der Waals surface area contributed by atoms with Crippen LogP contribution in [0.2, 0.25) is 0 Å². The molecular formula is C15H29N3O2. The molecule has 5 heteroatoms. The van der Waals surface area contributed by atoms with Crippen molar-refractivity contribution in [1.29, 1.82) is 0 Å². The van der Waals surface area contributed by atoms with Gasteiger partial charge in [-0.2, -0.15) is 0 Å². The summed E-state index contributed by atoms with van der Waals surface area (Å²) >= 11 is 0. The number of carbonyl (C=O) groups excluding carboxylic acids is 2. The first-order valence-electron chi connectivity index (χ1n) is 7.62. The van der Waals surface area contributed by atoms with Crippen molar-refractivity contribution in [1.82, 2.24) is 10.6 Å². The van der Waals surface area contributed by atoms with Crippen LogP contribution in [-0.2, 0) is 9.59 Å². The molecule has 0 aromatic carbocycles. The Bertz CT molecular complexity index is 336. The Kier molecular flexibility index (Phi) is 6.46. The SMILES string of the molecule is CNC(=O)C(C)(C)CNC(=O)C(N)CC1CCCCC1. The lowest BCUT2D eigenvalue weighted by Crippen LogP contribution is -2.48. The van der Waals surface area contributed by atoms with E-state index in [-0.39, 0.29) is 11.8 Å². The molecule has 0 spiro atoms. The summed E-state index contributed by atoms with van der Waals surface area (Å²) in [5.74, 6) is 0.350. The van der Waals surface area contributed by atoms with E-state index >= 15 is 0 Å². The third kappa shape index (κ3) is 5.12. The Morgan fingerprint density at radius 1 is 1.25 bits per heavy atom. The predicted octanol–water partition coefficient (Wildman–Crippen LogP) is 1.17. The van der Waals surface area contributed by atoms with Gasteiger partial charge in [0.1, 0.15) is 0 Å². The summed E-state index contributed by atoms with van der Waals surface area (Å²) in [4.78, 5) is 23.6. The van der Waals surface area contributed by atoms with Crippen LogP contribution in [0.3, 0.4) is 0 Å². The quantitative estimate of drug-likeness (QED) is 0.684. The van der Waals surface area contributed by atoms with E-state index in [1.54, 1.807) is 20.9 Å². The van der Waals surface area contributed by atoms with Gasteiger partial charge in [-0.1, -0.05) is 32.1 Å². The second kappa shape index (κ2) is 7.62. The number of nitrogens with two attached hydrogens (primary N) is 1. The maximum Gasteiger partial charge on any atom is 0.236 e. The molecule has 116 valence electrons. The van der Waals surface area contributed by atoms with Crippen molar-refractivity contribution in [2.24, 2.45) is 17.1 Å². The Morgan fingerprint density at radius 2 is 1.85 bits per heavy atom. The first-order chi connectivity index (χ1) is 9.36. The van der Waals surface area contributed by atoms with Crippen LogP contribution in [-0.4, -0.2) is 31.4 Å². The second-order valence-corrected chi connectivity index (χ2v) is 6.53. The van der Waals surface area contributed by atoms with Crippen LogP contribution in [0.4, 0.5) is 0 Å². The van der Waals surface area contributed by atoms with Crippen molar-refractivity contribution in [2.45, 2.75) is 58.4 Å². The topological polar surface area (TPSA) is 84.2 Å². The molecule has 1 unspecified atom stereocenters. The molecule has 0 saturated heterocycles. The molecule has 0 aromatic rings. The lowest BCUT2D eigenvalue weighted by molar-refractivity contribution is -0.129. The maximum absolute atomic E-state index is 12.0. The smallest absolute Gasteiger partial charge is 0.236 e. The highest BCUT2D eigenvalue weighted by Crippen LogP contribution is 2.27. The Labute approximate surface area is 122 Å². The maximum atomic E-state index is 12.0. The fourth-order valence-electron chi connectivity index (χ4n) is 2.75. The zero-order valence-electron chi connectivity index (χ0n) is 13.0. The number of carbonyl (C=O) groups is 2. The molecule has 20 heavy (non-hydrogen) atoms. The standard InChI is InChI=1S/C15H29N3O2/c1-15(2,14(20)17-3)10-18-13(19)12(16)9-11-7-5-4-6-8-11/h11-12H,4-10,16H2,1-3H3,(H,17,20)(H,18,19). The molecule has 2 amide bonds. The van der Waals surface area contributed by atoms with Crippen LogP contribution in [0.5, 0.6) is 0 Å². The minimum Gasteiger partial charge on any atom is -0.359 e. The van der Waals surface area contributed by atoms with Crippen LogP contribution in [0.25, 0.3) is 0 Å². The van der Waals surface area contributed by atoms with Gasteiger partial charge in [-0.3, -0.25) is 9.59 Å². The number of hydrogen-bond acceptors (Lipinski definition) is 3. The molecule has 1 aliphatic carbocycles. The van der Waals surface area contributed by atoms with Crippen LogP contribution >= 0.6 is 0 Å². The van der Waals surface area contributed by atoms with E-state index in [2.05, 4.69) is 10.6 Å². The van der Waals surface area contributed by atoms with Crippen molar-refractivity contribution in [2.75, 3.05) is 13.6 Å². The number of nitrogens with one attached hydrogen (secondary N) is 2. The first-order valence-corrected chi connectivity index (χ1v) is 7.62. The highest BCUT2D eigenvalue weighted by atomic mass is 16.2. The molecule has 1 rings (SSSR count). The summed E-state index contributed by atoms with van der Waals surface area (Å²) in [5, 5.41) is 5.41. The molecule has 0 aromatic heterocycles. The van der Waals surface area contributed by atoms with Crippen molar-refractivity contribution >= 4 is 11.8 Å². The van der Waals surface area contributed by atoms with E-state index in [4.69, 9.17) is 5.73 Å². The molecule has 0 bridgehead atoms. The number of amides is 2. The van der Waals surface area contributed by atoms with Gasteiger partial charge in [0, 0.05) is 13.6 Å². The Hall–Kier alpha value is -1.10. The van der Waals surface area contributed by atoms with Gasteiger partial charge in [0.25, 0.3) is 0 Å². The van der Waals surface area contributed by atoms with E-state index in [0.29, 0.717) is 12.5 Å². The van der Waals surface area contributed by atoms with Gasteiger partial charge < -0.3 is 16.4 Å². The van der Waals surface area contributed by atoms with Gasteiger partial charge in [0.15, 0.2) is 0 Å². The minimum atomic E-state index is -0.616. The third-order valence-electron chi connectivity index (χ3n) is 4.20. The summed E-state index contributed by atoms with van der Waals surface area (Å²) in [6.45, 7) is 3.92. The molecule has 1 aliphatic rings. The summed E-state index contributed by atoms with van der Waals surface area (Å²) in [6, 6.07) is -0.460. The zero-order valence-corrected chi connectivity index (χ0v) is 13.0. The average Bonchev–Trinajstić information content (AvgIpc) is 2.44. The summed E-state index contributed by atoms with van der Waals surface area (Å²) in [6.07, 6.45) is 6.94. The van der Waals surface area contributed by atoms with Gasteiger partial charge in [-0.05, 0) is 26.2 Å². The Balaban J connectivity index is 2.35. The number of hydrogen-bond donors (Lipinski definition) is 3. The molecule has 0 aliphatic heterocycles. The van der Waals surface area contributed by atoms with Crippen molar-refractivity contribution in [3.05, 3.63) is 0 Å². The molecular weight excluding hydrogens is 254 g/mol. The van der Waals surface area contributed by atoms with Crippen LogP contribution in [0, 0.1) is 11.3 Å². The molecule has 1 fully saturated rings. The molecule has 1 saturated carbocycles. The van der Waals surface area contributed by atoms with Crippen molar-refractivity contribution in [3.8, 4) is 0 Å². The monoisotopic (exact) mass is 283 g/mol. The van der Waals surface area contributed by atoms with E-state index in [9.17, 15) is 9.59 Å². The minimum absolute atomic E-state index is 0.0846. The first kappa shape index (κ1) is 17.0.